The minimum absolute atomic E-state index is 0.168. The van der Waals surface area contributed by atoms with E-state index in [1.54, 1.807) is 18.3 Å². The number of aromatic nitrogens is 3. The van der Waals surface area contributed by atoms with Crippen LogP contribution in [0.1, 0.15) is 0 Å². The molecule has 0 aliphatic carbocycles. The van der Waals surface area contributed by atoms with Crippen LogP contribution in [-0.2, 0) is 10.0 Å². The number of hydrogen-bond acceptors (Lipinski definition) is 9. The number of halogens is 2. The Kier molecular flexibility index (Phi) is 7.88. The van der Waals surface area contributed by atoms with Crippen molar-refractivity contribution in [3.05, 3.63) is 28.4 Å². The Bertz CT molecular complexity index is 1230. The fraction of sp³-hybridized carbons (Fsp3) is 0.316. The quantitative estimate of drug-likeness (QED) is 0.249. The number of anilines is 1. The molecule has 3 rings (SSSR count). The average Bonchev–Trinajstić information content (AvgIpc) is 2.76. The third kappa shape index (κ3) is 5.46. The van der Waals surface area contributed by atoms with Crippen LogP contribution < -0.4 is 19.5 Å². The largest absolute Gasteiger partial charge is 0.495 e. The highest BCUT2D eigenvalue weighted by Gasteiger charge is 2.21. The summed E-state index contributed by atoms with van der Waals surface area (Å²) in [5.41, 5.74) is 1.45. The SMILES string of the molecule is COc1cc(OC)c(Cl)c(-c2cc3cnc(SC)nc3c(NCCNS(C)(=O)=O)n2)c1Cl. The Hall–Kier alpha value is -2.05. The van der Waals surface area contributed by atoms with Crippen molar-refractivity contribution in [2.24, 2.45) is 0 Å². The van der Waals surface area contributed by atoms with Crippen LogP contribution in [0.4, 0.5) is 5.82 Å². The lowest BCUT2D eigenvalue weighted by molar-refractivity contribution is 0.395. The zero-order valence-corrected chi connectivity index (χ0v) is 20.8. The van der Waals surface area contributed by atoms with Crippen molar-refractivity contribution >= 4 is 61.7 Å². The molecule has 0 spiro atoms. The van der Waals surface area contributed by atoms with E-state index < -0.39 is 10.0 Å². The third-order valence-corrected chi connectivity index (χ3v) is 6.38. The van der Waals surface area contributed by atoms with Gasteiger partial charge in [0, 0.05) is 36.3 Å². The van der Waals surface area contributed by atoms with E-state index in [-0.39, 0.29) is 23.1 Å². The summed E-state index contributed by atoms with van der Waals surface area (Å²) in [6, 6.07) is 3.37. The highest BCUT2D eigenvalue weighted by atomic mass is 35.5. The number of methoxy groups -OCH3 is 2. The van der Waals surface area contributed by atoms with Gasteiger partial charge >= 0.3 is 0 Å². The summed E-state index contributed by atoms with van der Waals surface area (Å²) in [5, 5.41) is 4.95. The first kappa shape index (κ1) is 24.6. The molecule has 2 heterocycles. The van der Waals surface area contributed by atoms with Crippen molar-refractivity contribution in [2.75, 3.05) is 45.1 Å². The Morgan fingerprint density at radius 1 is 1.06 bits per heavy atom. The van der Waals surface area contributed by atoms with Gasteiger partial charge in [0.25, 0.3) is 0 Å². The summed E-state index contributed by atoms with van der Waals surface area (Å²) in [7, 11) is -0.328. The minimum atomic E-state index is -3.31. The van der Waals surface area contributed by atoms with Gasteiger partial charge in [0.15, 0.2) is 11.0 Å². The number of benzene rings is 1. The Morgan fingerprint density at radius 2 is 1.72 bits per heavy atom. The van der Waals surface area contributed by atoms with E-state index in [0.717, 1.165) is 6.26 Å². The summed E-state index contributed by atoms with van der Waals surface area (Å²) < 4.78 is 35.8. The first-order valence-corrected chi connectivity index (χ1v) is 13.1. The lowest BCUT2D eigenvalue weighted by Crippen LogP contribution is -2.27. The number of ether oxygens (including phenoxy) is 2. The van der Waals surface area contributed by atoms with Gasteiger partial charge in [-0.1, -0.05) is 35.0 Å². The van der Waals surface area contributed by atoms with Gasteiger partial charge in [0.2, 0.25) is 10.0 Å². The lowest BCUT2D eigenvalue weighted by atomic mass is 10.1. The van der Waals surface area contributed by atoms with Crippen LogP contribution >= 0.6 is 35.0 Å². The average molecular weight is 518 g/mol. The Balaban J connectivity index is 2.15. The molecule has 1 aromatic carbocycles. The van der Waals surface area contributed by atoms with Gasteiger partial charge in [-0.05, 0) is 12.3 Å². The van der Waals surface area contributed by atoms with E-state index in [9.17, 15) is 8.42 Å². The van der Waals surface area contributed by atoms with E-state index in [1.807, 2.05) is 6.26 Å². The van der Waals surface area contributed by atoms with Gasteiger partial charge in [-0.15, -0.1) is 0 Å². The van der Waals surface area contributed by atoms with Crippen molar-refractivity contribution < 1.29 is 17.9 Å². The molecule has 0 saturated heterocycles. The normalized spacial score (nSPS) is 11.6. The fourth-order valence-corrected chi connectivity index (χ4v) is 4.41. The van der Waals surface area contributed by atoms with Gasteiger partial charge < -0.3 is 14.8 Å². The summed E-state index contributed by atoms with van der Waals surface area (Å²) in [6.07, 6.45) is 4.64. The minimum Gasteiger partial charge on any atom is -0.495 e. The van der Waals surface area contributed by atoms with Crippen LogP contribution in [0.5, 0.6) is 11.5 Å². The second-order valence-corrected chi connectivity index (χ2v) is 9.89. The summed E-state index contributed by atoms with van der Waals surface area (Å²) in [5.74, 6) is 1.19. The molecule has 3 aromatic rings. The van der Waals surface area contributed by atoms with Crippen LogP contribution in [0.2, 0.25) is 10.0 Å². The van der Waals surface area contributed by atoms with E-state index in [1.165, 1.54) is 26.0 Å². The van der Waals surface area contributed by atoms with E-state index >= 15 is 0 Å². The molecule has 0 atom stereocenters. The zero-order chi connectivity index (χ0) is 23.5. The van der Waals surface area contributed by atoms with Gasteiger partial charge in [-0.3, -0.25) is 0 Å². The molecule has 0 bridgehead atoms. The molecule has 2 aromatic heterocycles. The van der Waals surface area contributed by atoms with E-state index in [2.05, 4.69) is 25.0 Å². The molecule has 32 heavy (non-hydrogen) atoms. The smallest absolute Gasteiger partial charge is 0.208 e. The van der Waals surface area contributed by atoms with Crippen molar-refractivity contribution in [1.82, 2.24) is 19.7 Å². The molecule has 0 unspecified atom stereocenters. The van der Waals surface area contributed by atoms with Crippen LogP contribution in [0.25, 0.3) is 22.2 Å². The first-order valence-electron chi connectivity index (χ1n) is 9.19. The summed E-state index contributed by atoms with van der Waals surface area (Å²) >= 11 is 14.5. The number of rotatable bonds is 9. The van der Waals surface area contributed by atoms with Gasteiger partial charge in [-0.25, -0.2) is 28.1 Å². The number of fused-ring (bicyclic) bond motifs is 1. The predicted octanol–water partition coefficient (Wildman–Crippen LogP) is 3.70. The molecule has 0 saturated carbocycles. The van der Waals surface area contributed by atoms with Gasteiger partial charge in [0.05, 0.1) is 36.2 Å². The molecule has 0 radical (unpaired) electrons. The number of hydrogen-bond donors (Lipinski definition) is 2. The van der Waals surface area contributed by atoms with Crippen molar-refractivity contribution in [2.45, 2.75) is 5.16 Å². The van der Waals surface area contributed by atoms with Crippen LogP contribution in [0.15, 0.2) is 23.5 Å². The van der Waals surface area contributed by atoms with E-state index in [4.69, 9.17) is 32.7 Å². The molecule has 0 aliphatic rings. The lowest BCUT2D eigenvalue weighted by Gasteiger charge is -2.16. The second kappa shape index (κ2) is 10.3. The topological polar surface area (TPSA) is 115 Å². The highest BCUT2D eigenvalue weighted by molar-refractivity contribution is 7.98. The summed E-state index contributed by atoms with van der Waals surface area (Å²) in [6.45, 7) is 0.446. The number of thioether (sulfide) groups is 1. The van der Waals surface area contributed by atoms with E-state index in [0.29, 0.717) is 44.6 Å². The number of pyridine rings is 1. The van der Waals surface area contributed by atoms with Crippen LogP contribution in [0.3, 0.4) is 0 Å². The van der Waals surface area contributed by atoms with Gasteiger partial charge in [-0.2, -0.15) is 0 Å². The second-order valence-electron chi connectivity index (χ2n) is 6.53. The maximum Gasteiger partial charge on any atom is 0.208 e. The molecule has 9 nitrogen and oxygen atoms in total. The Morgan fingerprint density at radius 3 is 2.28 bits per heavy atom. The molecule has 0 fully saturated rings. The Labute approximate surface area is 200 Å². The fourth-order valence-electron chi connectivity index (χ4n) is 2.90. The molecule has 2 N–H and O–H groups in total. The van der Waals surface area contributed by atoms with Gasteiger partial charge in [0.1, 0.15) is 17.0 Å². The molecular weight excluding hydrogens is 497 g/mol. The van der Waals surface area contributed by atoms with Crippen molar-refractivity contribution in [3.63, 3.8) is 0 Å². The third-order valence-electron chi connectivity index (χ3n) is 4.34. The zero-order valence-electron chi connectivity index (χ0n) is 17.7. The number of nitrogens with one attached hydrogen (secondary N) is 2. The standard InChI is InChI=1S/C19H21Cl2N5O4S2/c1-29-12-8-13(30-2)16(21)14(15(12)20)11-7-10-9-23-19(31-3)26-17(10)18(25-11)22-5-6-24-32(4,27)28/h7-9,24H,5-6H2,1-4H3,(H,22,25). The first-order chi connectivity index (χ1) is 15.2. The molecule has 13 heteroatoms. The molecule has 0 amide bonds. The summed E-state index contributed by atoms with van der Waals surface area (Å²) in [4.78, 5) is 13.6. The molecule has 172 valence electrons. The maximum atomic E-state index is 11.3. The van der Waals surface area contributed by atoms with Crippen molar-refractivity contribution in [1.29, 1.82) is 0 Å². The van der Waals surface area contributed by atoms with Crippen molar-refractivity contribution in [3.8, 4) is 22.8 Å². The van der Waals surface area contributed by atoms with Crippen LogP contribution in [0, 0.1) is 0 Å². The molecule has 0 aliphatic heterocycles. The maximum absolute atomic E-state index is 11.3. The number of nitrogens with zero attached hydrogens (tertiary/aromatic N) is 3. The molecular formula is C19H21Cl2N5O4S2. The monoisotopic (exact) mass is 517 g/mol. The van der Waals surface area contributed by atoms with Crippen LogP contribution in [-0.4, -0.2) is 63.2 Å². The highest BCUT2D eigenvalue weighted by Crippen LogP contribution is 2.46. The predicted molar refractivity (Wildman–Crippen MR) is 129 cm³/mol. The number of sulfonamides is 1.